The summed E-state index contributed by atoms with van der Waals surface area (Å²) in [5.41, 5.74) is 1.59. The summed E-state index contributed by atoms with van der Waals surface area (Å²) in [5, 5.41) is 19.4. The molecule has 0 spiro atoms. The van der Waals surface area contributed by atoms with Gasteiger partial charge in [0, 0.05) is 24.7 Å². The summed E-state index contributed by atoms with van der Waals surface area (Å²) >= 11 is 0. The van der Waals surface area contributed by atoms with E-state index in [1.54, 1.807) is 37.6 Å². The second kappa shape index (κ2) is 8.17. The smallest absolute Gasteiger partial charge is 0.132 e. The van der Waals surface area contributed by atoms with Crippen molar-refractivity contribution in [1.29, 1.82) is 5.26 Å². The van der Waals surface area contributed by atoms with Crippen molar-refractivity contribution in [2.75, 3.05) is 26.9 Å². The van der Waals surface area contributed by atoms with Crippen LogP contribution < -0.4 is 4.74 Å². The molecule has 0 radical (unpaired) electrons. The molecule has 1 aliphatic rings. The lowest BCUT2D eigenvalue weighted by atomic mass is 10.0. The molecule has 1 fully saturated rings. The number of hydrogen-bond acceptors (Lipinski definition) is 6. The van der Waals surface area contributed by atoms with Gasteiger partial charge in [-0.1, -0.05) is 6.07 Å². The van der Waals surface area contributed by atoms with Crippen LogP contribution >= 0.6 is 0 Å². The molecule has 1 saturated heterocycles. The molecule has 1 N–H and O–H groups in total. The van der Waals surface area contributed by atoms with Crippen LogP contribution in [-0.4, -0.2) is 42.9 Å². The maximum Gasteiger partial charge on any atom is 0.132 e. The predicted molar refractivity (Wildman–Crippen MR) is 91.0 cm³/mol. The molecule has 0 amide bonds. The minimum Gasteiger partial charge on any atom is -0.496 e. The molecule has 1 aromatic carbocycles. The summed E-state index contributed by atoms with van der Waals surface area (Å²) in [5.74, 6) is 1.28. The number of furan rings is 1. The van der Waals surface area contributed by atoms with E-state index < -0.39 is 6.10 Å². The highest BCUT2D eigenvalue weighted by Crippen LogP contribution is 2.27. The third-order valence-corrected chi connectivity index (χ3v) is 4.51. The van der Waals surface area contributed by atoms with Gasteiger partial charge in [-0.2, -0.15) is 5.26 Å². The first-order valence-electron chi connectivity index (χ1n) is 8.31. The number of benzene rings is 1. The molecule has 1 aliphatic heterocycles. The van der Waals surface area contributed by atoms with E-state index in [1.165, 1.54) is 0 Å². The largest absolute Gasteiger partial charge is 0.496 e. The Morgan fingerprint density at radius 2 is 2.32 bits per heavy atom. The average molecular weight is 342 g/mol. The molecule has 6 heteroatoms. The Hall–Kier alpha value is -2.33. The van der Waals surface area contributed by atoms with Gasteiger partial charge in [0.25, 0.3) is 0 Å². The molecule has 0 saturated carbocycles. The van der Waals surface area contributed by atoms with Gasteiger partial charge in [0.15, 0.2) is 0 Å². The van der Waals surface area contributed by atoms with Gasteiger partial charge in [0.1, 0.15) is 17.6 Å². The lowest BCUT2D eigenvalue weighted by Gasteiger charge is -2.36. The van der Waals surface area contributed by atoms with Crippen LogP contribution in [0.15, 0.2) is 41.0 Å². The number of morpholine rings is 1. The number of aliphatic hydroxyl groups excluding tert-OH is 1. The van der Waals surface area contributed by atoms with Crippen molar-refractivity contribution in [2.24, 2.45) is 0 Å². The summed E-state index contributed by atoms with van der Waals surface area (Å²) in [6, 6.07) is 11.2. The van der Waals surface area contributed by atoms with Gasteiger partial charge in [-0.25, -0.2) is 0 Å². The molecule has 1 aromatic heterocycles. The van der Waals surface area contributed by atoms with Gasteiger partial charge >= 0.3 is 0 Å². The highest BCUT2D eigenvalue weighted by Gasteiger charge is 2.27. The van der Waals surface area contributed by atoms with Gasteiger partial charge in [0.05, 0.1) is 38.2 Å². The minimum absolute atomic E-state index is 0.0780. The summed E-state index contributed by atoms with van der Waals surface area (Å²) in [6.07, 6.45) is 1.44. The fraction of sp³-hybridized carbons (Fsp3) is 0.421. The number of nitrogens with zero attached hydrogens (tertiary/aromatic N) is 2. The van der Waals surface area contributed by atoms with Crippen molar-refractivity contribution < 1.29 is 19.0 Å². The molecular weight excluding hydrogens is 320 g/mol. The first kappa shape index (κ1) is 17.5. The van der Waals surface area contributed by atoms with E-state index in [1.807, 2.05) is 6.07 Å². The number of ether oxygens (including phenoxy) is 2. The van der Waals surface area contributed by atoms with E-state index in [9.17, 15) is 5.11 Å². The van der Waals surface area contributed by atoms with Crippen LogP contribution in [0.1, 0.15) is 29.4 Å². The average Bonchev–Trinajstić information content (AvgIpc) is 3.18. The lowest BCUT2D eigenvalue weighted by Crippen LogP contribution is -2.45. The molecule has 2 aromatic rings. The maximum atomic E-state index is 10.4. The molecule has 0 bridgehead atoms. The topological polar surface area (TPSA) is 78.9 Å². The van der Waals surface area contributed by atoms with Gasteiger partial charge in [-0.15, -0.1) is 0 Å². The molecule has 2 unspecified atom stereocenters. The highest BCUT2D eigenvalue weighted by atomic mass is 16.5. The second-order valence-electron chi connectivity index (χ2n) is 6.10. The molecule has 132 valence electrons. The number of aliphatic hydroxyl groups is 1. The minimum atomic E-state index is -0.660. The normalized spacial score (nSPS) is 19.3. The van der Waals surface area contributed by atoms with Gasteiger partial charge in [0.2, 0.25) is 0 Å². The van der Waals surface area contributed by atoms with Crippen LogP contribution in [0.5, 0.6) is 5.75 Å². The number of hydrogen-bond donors (Lipinski definition) is 1. The zero-order valence-electron chi connectivity index (χ0n) is 14.2. The van der Waals surface area contributed by atoms with E-state index in [2.05, 4.69) is 11.0 Å². The number of rotatable bonds is 6. The molecule has 0 aliphatic carbocycles. The summed E-state index contributed by atoms with van der Waals surface area (Å²) < 4.78 is 16.3. The van der Waals surface area contributed by atoms with E-state index in [4.69, 9.17) is 19.2 Å². The van der Waals surface area contributed by atoms with Crippen molar-refractivity contribution in [3.63, 3.8) is 0 Å². The molecule has 25 heavy (non-hydrogen) atoms. The second-order valence-corrected chi connectivity index (χ2v) is 6.10. The Labute approximate surface area is 147 Å². The van der Waals surface area contributed by atoms with Crippen LogP contribution in [0.4, 0.5) is 0 Å². The number of nitriles is 1. The van der Waals surface area contributed by atoms with Gasteiger partial charge < -0.3 is 19.0 Å². The van der Waals surface area contributed by atoms with Crippen LogP contribution in [0.2, 0.25) is 0 Å². The molecule has 3 rings (SSSR count). The fourth-order valence-electron chi connectivity index (χ4n) is 3.13. The molecular formula is C19H22N2O4. The van der Waals surface area contributed by atoms with E-state index in [-0.39, 0.29) is 6.04 Å². The molecule has 2 heterocycles. The Bertz CT molecular complexity index is 724. The van der Waals surface area contributed by atoms with Crippen molar-refractivity contribution in [3.05, 3.63) is 53.5 Å². The Morgan fingerprint density at radius 1 is 1.44 bits per heavy atom. The maximum absolute atomic E-state index is 10.4. The SMILES string of the molecule is COc1cc(C#N)ccc1CN1CCOCC1CC(O)c1ccco1. The monoisotopic (exact) mass is 342 g/mol. The summed E-state index contributed by atoms with van der Waals surface area (Å²) in [6.45, 7) is 2.68. The first-order valence-corrected chi connectivity index (χ1v) is 8.31. The van der Waals surface area contributed by atoms with Crippen LogP contribution in [-0.2, 0) is 11.3 Å². The van der Waals surface area contributed by atoms with Crippen LogP contribution in [0.25, 0.3) is 0 Å². The van der Waals surface area contributed by atoms with Crippen LogP contribution in [0.3, 0.4) is 0 Å². The summed E-state index contributed by atoms with van der Waals surface area (Å²) in [4.78, 5) is 2.28. The Morgan fingerprint density at radius 3 is 3.04 bits per heavy atom. The highest BCUT2D eigenvalue weighted by molar-refractivity contribution is 5.42. The standard InChI is InChI=1S/C19H22N2O4/c1-23-19-9-14(11-20)4-5-15(19)12-21-6-8-24-13-16(21)10-17(22)18-3-2-7-25-18/h2-5,7,9,16-17,22H,6,8,10,12-13H2,1H3. The molecule has 2 atom stereocenters. The van der Waals surface area contributed by atoms with E-state index in [0.29, 0.717) is 43.3 Å². The quantitative estimate of drug-likeness (QED) is 0.869. The summed E-state index contributed by atoms with van der Waals surface area (Å²) in [7, 11) is 1.61. The first-order chi connectivity index (χ1) is 12.2. The third kappa shape index (κ3) is 4.20. The zero-order chi connectivity index (χ0) is 17.6. The van der Waals surface area contributed by atoms with Gasteiger partial charge in [-0.3, -0.25) is 4.90 Å². The van der Waals surface area contributed by atoms with Crippen LogP contribution in [0, 0.1) is 11.3 Å². The van der Waals surface area contributed by atoms with Gasteiger partial charge in [-0.05, 0) is 30.7 Å². The third-order valence-electron chi connectivity index (χ3n) is 4.51. The van der Waals surface area contributed by atoms with E-state index in [0.717, 1.165) is 12.1 Å². The van der Waals surface area contributed by atoms with Crippen molar-refractivity contribution in [1.82, 2.24) is 4.90 Å². The number of methoxy groups -OCH3 is 1. The zero-order valence-corrected chi connectivity index (χ0v) is 14.2. The van der Waals surface area contributed by atoms with E-state index >= 15 is 0 Å². The van der Waals surface area contributed by atoms with Crippen molar-refractivity contribution in [2.45, 2.75) is 25.1 Å². The van der Waals surface area contributed by atoms with Crippen molar-refractivity contribution >= 4 is 0 Å². The Kier molecular flexibility index (Phi) is 5.71. The molecule has 6 nitrogen and oxygen atoms in total. The predicted octanol–water partition coefficient (Wildman–Crippen LogP) is 2.48. The fourth-order valence-corrected chi connectivity index (χ4v) is 3.13. The Balaban J connectivity index is 1.72. The van der Waals surface area contributed by atoms with Crippen molar-refractivity contribution in [3.8, 4) is 11.8 Å². The lowest BCUT2D eigenvalue weighted by molar-refractivity contribution is -0.0325.